The maximum atomic E-state index is 9.32. The first kappa shape index (κ1) is 14.0. The van der Waals surface area contributed by atoms with Crippen molar-refractivity contribution < 1.29 is 0 Å². The zero-order valence-electron chi connectivity index (χ0n) is 11.6. The number of hydrogen-bond acceptors (Lipinski definition) is 4. The van der Waals surface area contributed by atoms with Crippen LogP contribution in [0.1, 0.15) is 23.7 Å². The first-order chi connectivity index (χ1) is 9.78. The second-order valence-electron chi connectivity index (χ2n) is 4.50. The molecule has 0 fully saturated rings. The van der Waals surface area contributed by atoms with E-state index in [0.717, 1.165) is 23.5 Å². The third-order valence-electron chi connectivity index (χ3n) is 3.22. The smallest absolute Gasteiger partial charge is 0.101 e. The van der Waals surface area contributed by atoms with Crippen molar-refractivity contribution in [1.82, 2.24) is 4.98 Å². The number of anilines is 1. The van der Waals surface area contributed by atoms with Gasteiger partial charge in [0.2, 0.25) is 0 Å². The average Bonchev–Trinajstić information content (AvgIpc) is 2.53. The largest absolute Gasteiger partial charge is 0.365 e. The van der Waals surface area contributed by atoms with Crippen molar-refractivity contribution in [2.24, 2.45) is 5.73 Å². The average molecular weight is 266 g/mol. The van der Waals surface area contributed by atoms with Crippen LogP contribution in [0.2, 0.25) is 0 Å². The molecular weight excluding hydrogens is 248 g/mol. The summed E-state index contributed by atoms with van der Waals surface area (Å²) in [7, 11) is 0. The molecule has 2 rings (SSSR count). The van der Waals surface area contributed by atoms with Gasteiger partial charge in [-0.25, -0.2) is 0 Å². The second-order valence-corrected chi connectivity index (χ2v) is 4.50. The molecule has 0 saturated carbocycles. The summed E-state index contributed by atoms with van der Waals surface area (Å²) in [5, 5.41) is 9.32. The van der Waals surface area contributed by atoms with E-state index in [1.54, 1.807) is 6.20 Å². The van der Waals surface area contributed by atoms with Gasteiger partial charge in [0.1, 0.15) is 6.07 Å². The highest BCUT2D eigenvalue weighted by atomic mass is 15.1. The Balaban J connectivity index is 2.30. The quantitative estimate of drug-likeness (QED) is 0.902. The van der Waals surface area contributed by atoms with Crippen LogP contribution in [0, 0.1) is 11.3 Å². The molecule has 2 aromatic rings. The minimum Gasteiger partial charge on any atom is -0.365 e. The van der Waals surface area contributed by atoms with Crippen molar-refractivity contribution in [2.75, 3.05) is 11.4 Å². The summed E-state index contributed by atoms with van der Waals surface area (Å²) in [4.78, 5) is 6.48. The van der Waals surface area contributed by atoms with E-state index in [2.05, 4.69) is 22.9 Å². The molecule has 0 amide bonds. The van der Waals surface area contributed by atoms with E-state index in [0.29, 0.717) is 18.7 Å². The van der Waals surface area contributed by atoms with Crippen molar-refractivity contribution in [1.29, 1.82) is 5.26 Å². The summed E-state index contributed by atoms with van der Waals surface area (Å²) in [5.41, 5.74) is 9.17. The highest BCUT2D eigenvalue weighted by molar-refractivity contribution is 5.60. The number of aromatic nitrogens is 1. The Morgan fingerprint density at radius 2 is 2.15 bits per heavy atom. The number of pyridine rings is 1. The van der Waals surface area contributed by atoms with Crippen molar-refractivity contribution in [3.8, 4) is 6.07 Å². The van der Waals surface area contributed by atoms with Gasteiger partial charge in [0.15, 0.2) is 0 Å². The summed E-state index contributed by atoms with van der Waals surface area (Å²) in [6, 6.07) is 13.9. The van der Waals surface area contributed by atoms with Gasteiger partial charge in [0, 0.05) is 19.3 Å². The maximum Gasteiger partial charge on any atom is 0.101 e. The van der Waals surface area contributed by atoms with Gasteiger partial charge in [-0.2, -0.15) is 5.26 Å². The molecule has 4 heteroatoms. The van der Waals surface area contributed by atoms with E-state index in [4.69, 9.17) is 5.73 Å². The molecule has 20 heavy (non-hydrogen) atoms. The lowest BCUT2D eigenvalue weighted by atomic mass is 10.1. The normalized spacial score (nSPS) is 10.1. The van der Waals surface area contributed by atoms with Crippen LogP contribution in [0.5, 0.6) is 0 Å². The van der Waals surface area contributed by atoms with Gasteiger partial charge in [-0.3, -0.25) is 4.98 Å². The highest BCUT2D eigenvalue weighted by Gasteiger charge is 2.11. The van der Waals surface area contributed by atoms with Crippen LogP contribution < -0.4 is 10.6 Å². The summed E-state index contributed by atoms with van der Waals surface area (Å²) < 4.78 is 0. The van der Waals surface area contributed by atoms with E-state index in [-0.39, 0.29) is 0 Å². The Hall–Kier alpha value is -2.38. The number of nitrogens with zero attached hydrogens (tertiary/aromatic N) is 3. The fraction of sp³-hybridized carbons (Fsp3) is 0.250. The number of hydrogen-bond donors (Lipinski definition) is 1. The Morgan fingerprint density at radius 3 is 2.75 bits per heavy atom. The lowest BCUT2D eigenvalue weighted by Crippen LogP contribution is -2.23. The lowest BCUT2D eigenvalue weighted by Gasteiger charge is -2.24. The van der Waals surface area contributed by atoms with Gasteiger partial charge in [-0.05, 0) is 36.8 Å². The van der Waals surface area contributed by atoms with Crippen LogP contribution in [0.25, 0.3) is 0 Å². The molecule has 0 saturated heterocycles. The van der Waals surface area contributed by atoms with Crippen LogP contribution in [0.15, 0.2) is 42.6 Å². The third-order valence-corrected chi connectivity index (χ3v) is 3.22. The van der Waals surface area contributed by atoms with Crippen LogP contribution in [-0.4, -0.2) is 11.5 Å². The minimum absolute atomic E-state index is 0.446. The van der Waals surface area contributed by atoms with Crippen molar-refractivity contribution >= 4 is 5.69 Å². The first-order valence-corrected chi connectivity index (χ1v) is 6.66. The molecule has 4 nitrogen and oxygen atoms in total. The molecule has 102 valence electrons. The Kier molecular flexibility index (Phi) is 4.70. The monoisotopic (exact) mass is 266 g/mol. The number of benzene rings is 1. The highest BCUT2D eigenvalue weighted by Crippen LogP contribution is 2.22. The Morgan fingerprint density at radius 1 is 1.30 bits per heavy atom. The molecule has 0 unspecified atom stereocenters. The minimum atomic E-state index is 0.446. The molecule has 1 aromatic heterocycles. The topological polar surface area (TPSA) is 65.9 Å². The van der Waals surface area contributed by atoms with Gasteiger partial charge in [-0.1, -0.05) is 12.1 Å². The number of nitrogens with two attached hydrogens (primary N) is 1. The molecule has 0 radical (unpaired) electrons. The Bertz CT molecular complexity index is 602. The molecule has 0 bridgehead atoms. The van der Waals surface area contributed by atoms with Gasteiger partial charge in [-0.15, -0.1) is 0 Å². The zero-order chi connectivity index (χ0) is 14.4. The van der Waals surface area contributed by atoms with Crippen LogP contribution in [0.4, 0.5) is 5.69 Å². The van der Waals surface area contributed by atoms with Crippen molar-refractivity contribution in [3.63, 3.8) is 0 Å². The lowest BCUT2D eigenvalue weighted by molar-refractivity contribution is 0.808. The Labute approximate surface area is 119 Å². The zero-order valence-corrected chi connectivity index (χ0v) is 11.6. The van der Waals surface area contributed by atoms with Gasteiger partial charge >= 0.3 is 0 Å². The molecule has 0 atom stereocenters. The molecule has 0 aliphatic carbocycles. The van der Waals surface area contributed by atoms with Crippen LogP contribution in [0.3, 0.4) is 0 Å². The fourth-order valence-electron chi connectivity index (χ4n) is 2.13. The second kappa shape index (κ2) is 6.69. The predicted molar refractivity (Wildman–Crippen MR) is 80.0 cm³/mol. The van der Waals surface area contributed by atoms with E-state index in [1.165, 1.54) is 0 Å². The molecule has 0 spiro atoms. The SMILES string of the molecule is CCN(Cc1ccccn1)c1ccc(CN)cc1C#N. The molecule has 0 aliphatic heterocycles. The van der Waals surface area contributed by atoms with E-state index in [1.807, 2.05) is 36.4 Å². The fourth-order valence-corrected chi connectivity index (χ4v) is 2.13. The van der Waals surface area contributed by atoms with E-state index < -0.39 is 0 Å². The first-order valence-electron chi connectivity index (χ1n) is 6.66. The number of nitriles is 1. The van der Waals surface area contributed by atoms with Gasteiger partial charge in [0.25, 0.3) is 0 Å². The van der Waals surface area contributed by atoms with Gasteiger partial charge < -0.3 is 10.6 Å². The molecule has 2 N–H and O–H groups in total. The summed E-state index contributed by atoms with van der Waals surface area (Å²) in [6.45, 7) is 4.02. The van der Waals surface area contributed by atoms with E-state index in [9.17, 15) is 5.26 Å². The third kappa shape index (κ3) is 3.14. The van der Waals surface area contributed by atoms with Crippen molar-refractivity contribution in [3.05, 3.63) is 59.4 Å². The van der Waals surface area contributed by atoms with Gasteiger partial charge in [0.05, 0.1) is 23.5 Å². The molecule has 1 heterocycles. The molecule has 1 aromatic carbocycles. The molecule has 0 aliphatic rings. The van der Waals surface area contributed by atoms with E-state index >= 15 is 0 Å². The van der Waals surface area contributed by atoms with Crippen molar-refractivity contribution in [2.45, 2.75) is 20.0 Å². The summed E-state index contributed by atoms with van der Waals surface area (Å²) in [5.74, 6) is 0. The van der Waals surface area contributed by atoms with Crippen LogP contribution >= 0.6 is 0 Å². The van der Waals surface area contributed by atoms with Crippen LogP contribution in [-0.2, 0) is 13.1 Å². The maximum absolute atomic E-state index is 9.32. The predicted octanol–water partition coefficient (Wildman–Crippen LogP) is 2.44. The standard InChI is InChI=1S/C16H18N4/c1-2-20(12-15-5-3-4-8-19-15)16-7-6-13(10-17)9-14(16)11-18/h3-9H,2,10,12,17H2,1H3. The number of rotatable bonds is 5. The molecular formula is C16H18N4. The summed E-state index contributed by atoms with van der Waals surface area (Å²) >= 11 is 0. The summed E-state index contributed by atoms with van der Waals surface area (Å²) in [6.07, 6.45) is 1.78.